The molecule has 0 amide bonds. The summed E-state index contributed by atoms with van der Waals surface area (Å²) in [5, 5.41) is 0. The number of fused-ring (bicyclic) bond motifs is 1. The van der Waals surface area contributed by atoms with Crippen molar-refractivity contribution < 1.29 is 9.53 Å². The molecule has 1 aliphatic heterocycles. The van der Waals surface area contributed by atoms with E-state index in [1.807, 2.05) is 39.8 Å². The molecule has 0 radical (unpaired) electrons. The van der Waals surface area contributed by atoms with Crippen LogP contribution in [-0.2, 0) is 22.6 Å². The molecule has 0 aromatic heterocycles. The highest BCUT2D eigenvalue weighted by atomic mass is 16.6. The van der Waals surface area contributed by atoms with Crippen LogP contribution in [0.5, 0.6) is 0 Å². The van der Waals surface area contributed by atoms with Gasteiger partial charge in [-0.25, -0.2) is 0 Å². The van der Waals surface area contributed by atoms with E-state index in [-0.39, 0.29) is 12.0 Å². The van der Waals surface area contributed by atoms with Gasteiger partial charge in [0, 0.05) is 13.1 Å². The van der Waals surface area contributed by atoms with Crippen LogP contribution in [0.4, 0.5) is 0 Å². The highest BCUT2D eigenvalue weighted by molar-refractivity contribution is 5.75. The minimum Gasteiger partial charge on any atom is -0.459 e. The monoisotopic (exact) mass is 247 g/mol. The predicted octanol–water partition coefficient (Wildman–Crippen LogP) is 2.73. The SMILES string of the molecule is CC(C(=O)OC(C)(C)C)N1Cc2ccccc2C1. The second-order valence-corrected chi connectivity index (χ2v) is 5.88. The Balaban J connectivity index is 2.01. The minimum atomic E-state index is -0.419. The molecular weight excluding hydrogens is 226 g/mol. The molecular formula is C15H21NO2. The van der Waals surface area contributed by atoms with Gasteiger partial charge in [-0.15, -0.1) is 0 Å². The number of carbonyl (C=O) groups is 1. The normalized spacial score (nSPS) is 17.3. The number of carbonyl (C=O) groups excluding carboxylic acids is 1. The Morgan fingerprint density at radius 2 is 1.72 bits per heavy atom. The van der Waals surface area contributed by atoms with E-state index in [4.69, 9.17) is 4.74 Å². The van der Waals surface area contributed by atoms with Gasteiger partial charge >= 0.3 is 5.97 Å². The zero-order valence-electron chi connectivity index (χ0n) is 11.6. The van der Waals surface area contributed by atoms with Gasteiger partial charge in [-0.2, -0.15) is 0 Å². The maximum atomic E-state index is 12.0. The van der Waals surface area contributed by atoms with Gasteiger partial charge in [-0.1, -0.05) is 24.3 Å². The Labute approximate surface area is 109 Å². The fourth-order valence-electron chi connectivity index (χ4n) is 2.17. The lowest BCUT2D eigenvalue weighted by atomic mass is 10.1. The molecule has 0 fully saturated rings. The third-order valence-electron chi connectivity index (χ3n) is 3.16. The summed E-state index contributed by atoms with van der Waals surface area (Å²) >= 11 is 0. The summed E-state index contributed by atoms with van der Waals surface area (Å²) in [5.41, 5.74) is 2.21. The van der Waals surface area contributed by atoms with Crippen molar-refractivity contribution in [2.24, 2.45) is 0 Å². The maximum Gasteiger partial charge on any atom is 0.323 e. The van der Waals surface area contributed by atoms with E-state index in [1.54, 1.807) is 0 Å². The van der Waals surface area contributed by atoms with Crippen LogP contribution in [-0.4, -0.2) is 22.5 Å². The molecule has 1 unspecified atom stereocenters. The van der Waals surface area contributed by atoms with Crippen molar-refractivity contribution >= 4 is 5.97 Å². The van der Waals surface area contributed by atoms with E-state index in [0.29, 0.717) is 0 Å². The number of hydrogen-bond donors (Lipinski definition) is 0. The summed E-state index contributed by atoms with van der Waals surface area (Å²) in [7, 11) is 0. The number of rotatable bonds is 2. The number of hydrogen-bond acceptors (Lipinski definition) is 3. The Kier molecular flexibility index (Phi) is 3.44. The summed E-state index contributed by atoms with van der Waals surface area (Å²) in [5.74, 6) is -0.143. The Hall–Kier alpha value is -1.35. The molecule has 18 heavy (non-hydrogen) atoms. The zero-order valence-corrected chi connectivity index (χ0v) is 11.6. The number of nitrogens with zero attached hydrogens (tertiary/aromatic N) is 1. The first-order valence-electron chi connectivity index (χ1n) is 6.40. The lowest BCUT2D eigenvalue weighted by Crippen LogP contribution is -2.39. The molecule has 3 nitrogen and oxygen atoms in total. The molecule has 1 atom stereocenters. The van der Waals surface area contributed by atoms with Crippen molar-refractivity contribution in [2.45, 2.75) is 52.4 Å². The second-order valence-electron chi connectivity index (χ2n) is 5.88. The summed E-state index contributed by atoms with van der Waals surface area (Å²) in [6, 6.07) is 8.13. The van der Waals surface area contributed by atoms with Crippen LogP contribution >= 0.6 is 0 Å². The molecule has 2 rings (SSSR count). The van der Waals surface area contributed by atoms with Crippen LogP contribution in [0.1, 0.15) is 38.8 Å². The maximum absolute atomic E-state index is 12.0. The fraction of sp³-hybridized carbons (Fsp3) is 0.533. The number of esters is 1. The summed E-state index contributed by atoms with van der Waals surface area (Å²) in [4.78, 5) is 14.2. The fourth-order valence-corrected chi connectivity index (χ4v) is 2.17. The average Bonchev–Trinajstić information content (AvgIpc) is 2.68. The van der Waals surface area contributed by atoms with Crippen molar-refractivity contribution in [3.05, 3.63) is 35.4 Å². The first-order chi connectivity index (χ1) is 8.37. The van der Waals surface area contributed by atoms with E-state index >= 15 is 0 Å². The van der Waals surface area contributed by atoms with Crippen molar-refractivity contribution in [2.75, 3.05) is 0 Å². The standard InChI is InChI=1S/C15H21NO2/c1-11(14(17)18-15(2,3)4)16-9-12-7-5-6-8-13(12)10-16/h5-8,11H,9-10H2,1-4H3. The van der Waals surface area contributed by atoms with E-state index in [9.17, 15) is 4.79 Å². The number of ether oxygens (including phenoxy) is 1. The van der Waals surface area contributed by atoms with Crippen molar-refractivity contribution in [3.63, 3.8) is 0 Å². The molecule has 0 saturated heterocycles. The molecule has 1 aromatic rings. The predicted molar refractivity (Wildman–Crippen MR) is 71.0 cm³/mol. The first-order valence-corrected chi connectivity index (χ1v) is 6.40. The van der Waals surface area contributed by atoms with Gasteiger partial charge in [0.05, 0.1) is 0 Å². The Bertz CT molecular complexity index is 423. The summed E-state index contributed by atoms with van der Waals surface area (Å²) in [6.07, 6.45) is 0. The highest BCUT2D eigenvalue weighted by Crippen LogP contribution is 2.25. The van der Waals surface area contributed by atoms with Crippen molar-refractivity contribution in [3.8, 4) is 0 Å². The molecule has 0 aliphatic carbocycles. The molecule has 0 bridgehead atoms. The smallest absolute Gasteiger partial charge is 0.323 e. The van der Waals surface area contributed by atoms with E-state index in [1.165, 1.54) is 11.1 Å². The molecule has 0 N–H and O–H groups in total. The Morgan fingerprint density at radius 1 is 1.22 bits per heavy atom. The lowest BCUT2D eigenvalue weighted by Gasteiger charge is -2.27. The van der Waals surface area contributed by atoms with Gasteiger partial charge in [-0.05, 0) is 38.8 Å². The summed E-state index contributed by atoms with van der Waals surface area (Å²) < 4.78 is 5.43. The minimum absolute atomic E-state index is 0.143. The van der Waals surface area contributed by atoms with Crippen molar-refractivity contribution in [1.82, 2.24) is 4.90 Å². The van der Waals surface area contributed by atoms with Crippen LogP contribution in [0.15, 0.2) is 24.3 Å². The van der Waals surface area contributed by atoms with Gasteiger partial charge in [0.1, 0.15) is 11.6 Å². The van der Waals surface area contributed by atoms with E-state index in [0.717, 1.165) is 13.1 Å². The number of benzene rings is 1. The Morgan fingerprint density at radius 3 is 2.17 bits per heavy atom. The van der Waals surface area contributed by atoms with Crippen molar-refractivity contribution in [1.29, 1.82) is 0 Å². The van der Waals surface area contributed by atoms with E-state index < -0.39 is 5.60 Å². The third-order valence-corrected chi connectivity index (χ3v) is 3.16. The van der Waals surface area contributed by atoms with Gasteiger partial charge in [0.2, 0.25) is 0 Å². The molecule has 1 aromatic carbocycles. The van der Waals surface area contributed by atoms with Crippen LogP contribution < -0.4 is 0 Å². The largest absolute Gasteiger partial charge is 0.459 e. The lowest BCUT2D eigenvalue weighted by molar-refractivity contribution is -0.161. The zero-order chi connectivity index (χ0) is 13.3. The molecule has 98 valence electrons. The van der Waals surface area contributed by atoms with E-state index in [2.05, 4.69) is 17.0 Å². The second kappa shape index (κ2) is 4.73. The van der Waals surface area contributed by atoms with Gasteiger partial charge in [0.15, 0.2) is 0 Å². The first kappa shape index (κ1) is 13.1. The quantitative estimate of drug-likeness (QED) is 0.753. The highest BCUT2D eigenvalue weighted by Gasteiger charge is 2.30. The average molecular weight is 247 g/mol. The van der Waals surface area contributed by atoms with Gasteiger partial charge in [-0.3, -0.25) is 9.69 Å². The molecule has 0 spiro atoms. The van der Waals surface area contributed by atoms with Crippen LogP contribution in [0.25, 0.3) is 0 Å². The molecule has 3 heteroatoms. The summed E-state index contributed by atoms with van der Waals surface area (Å²) in [6.45, 7) is 9.27. The molecule has 1 heterocycles. The van der Waals surface area contributed by atoms with Crippen LogP contribution in [0.2, 0.25) is 0 Å². The topological polar surface area (TPSA) is 29.5 Å². The van der Waals surface area contributed by atoms with Gasteiger partial charge < -0.3 is 4.74 Å². The van der Waals surface area contributed by atoms with Crippen LogP contribution in [0.3, 0.4) is 0 Å². The third kappa shape index (κ3) is 2.91. The molecule has 1 aliphatic rings. The van der Waals surface area contributed by atoms with Gasteiger partial charge in [0.25, 0.3) is 0 Å². The van der Waals surface area contributed by atoms with Crippen LogP contribution in [0, 0.1) is 0 Å². The molecule has 0 saturated carbocycles.